The van der Waals surface area contributed by atoms with Crippen LogP contribution in [0.5, 0.6) is 0 Å². The van der Waals surface area contributed by atoms with Crippen molar-refractivity contribution in [3.05, 3.63) is 62.8 Å². The highest BCUT2D eigenvalue weighted by atomic mass is 16.2. The van der Waals surface area contributed by atoms with Gasteiger partial charge >= 0.3 is 5.69 Å². The molecular formula is C17H21N3O2. The van der Waals surface area contributed by atoms with E-state index in [0.29, 0.717) is 11.7 Å². The second-order valence-corrected chi connectivity index (χ2v) is 6.05. The van der Waals surface area contributed by atoms with Gasteiger partial charge in [-0.15, -0.1) is 0 Å². The quantitative estimate of drug-likeness (QED) is 0.892. The van der Waals surface area contributed by atoms with Crippen molar-refractivity contribution in [1.29, 1.82) is 0 Å². The average Bonchev–Trinajstić information content (AvgIpc) is 3.32. The van der Waals surface area contributed by atoms with Gasteiger partial charge in [-0.3, -0.25) is 14.3 Å². The third kappa shape index (κ3) is 2.98. The molecule has 1 fully saturated rings. The summed E-state index contributed by atoms with van der Waals surface area (Å²) in [6.07, 6.45) is 2.19. The number of aromatic amines is 1. The Morgan fingerprint density at radius 1 is 1.18 bits per heavy atom. The van der Waals surface area contributed by atoms with E-state index in [-0.39, 0.29) is 23.3 Å². The van der Waals surface area contributed by atoms with Crippen LogP contribution in [0.1, 0.15) is 44.3 Å². The van der Waals surface area contributed by atoms with Crippen molar-refractivity contribution in [3.8, 4) is 0 Å². The fraction of sp³-hybridized carbons (Fsp3) is 0.412. The van der Waals surface area contributed by atoms with Crippen LogP contribution in [0, 0.1) is 5.92 Å². The van der Waals surface area contributed by atoms with Gasteiger partial charge in [-0.1, -0.05) is 30.3 Å². The van der Waals surface area contributed by atoms with Gasteiger partial charge in [0.05, 0.1) is 0 Å². The van der Waals surface area contributed by atoms with Crippen LogP contribution in [0.2, 0.25) is 0 Å². The van der Waals surface area contributed by atoms with Gasteiger partial charge in [-0.25, -0.2) is 4.79 Å². The molecule has 22 heavy (non-hydrogen) atoms. The molecule has 1 aromatic heterocycles. The predicted octanol–water partition coefficient (Wildman–Crippen LogP) is 2.68. The monoisotopic (exact) mass is 299 g/mol. The molecule has 2 atom stereocenters. The van der Waals surface area contributed by atoms with Crippen molar-refractivity contribution in [2.75, 3.05) is 5.32 Å². The molecule has 2 aromatic rings. The minimum atomic E-state index is -0.338. The van der Waals surface area contributed by atoms with Gasteiger partial charge in [-0.2, -0.15) is 0 Å². The average molecular weight is 299 g/mol. The maximum Gasteiger partial charge on any atom is 0.330 e. The Bertz CT molecular complexity index is 728. The van der Waals surface area contributed by atoms with Crippen molar-refractivity contribution in [2.45, 2.75) is 38.8 Å². The fourth-order valence-electron chi connectivity index (χ4n) is 2.82. The van der Waals surface area contributed by atoms with Crippen molar-refractivity contribution >= 4 is 5.82 Å². The van der Waals surface area contributed by atoms with Gasteiger partial charge in [0.1, 0.15) is 5.82 Å². The van der Waals surface area contributed by atoms with Crippen LogP contribution in [0.3, 0.4) is 0 Å². The summed E-state index contributed by atoms with van der Waals surface area (Å²) in [5, 5.41) is 3.18. The molecule has 3 rings (SSSR count). The van der Waals surface area contributed by atoms with Crippen molar-refractivity contribution in [2.24, 2.45) is 5.92 Å². The number of nitrogens with one attached hydrogen (secondary N) is 2. The zero-order chi connectivity index (χ0) is 15.7. The Morgan fingerprint density at radius 3 is 2.45 bits per heavy atom. The van der Waals surface area contributed by atoms with Gasteiger partial charge in [0.2, 0.25) is 0 Å². The lowest BCUT2D eigenvalue weighted by Crippen LogP contribution is -2.38. The molecule has 116 valence electrons. The summed E-state index contributed by atoms with van der Waals surface area (Å²) in [4.78, 5) is 27.3. The highest BCUT2D eigenvalue weighted by Crippen LogP contribution is 2.38. The molecule has 5 heteroatoms. The van der Waals surface area contributed by atoms with Crippen LogP contribution < -0.4 is 16.6 Å². The molecule has 1 aliphatic rings. The maximum atomic E-state index is 12.3. The van der Waals surface area contributed by atoms with Gasteiger partial charge in [-0.05, 0) is 38.2 Å². The maximum absolute atomic E-state index is 12.3. The molecule has 2 unspecified atom stereocenters. The molecule has 0 bridgehead atoms. The van der Waals surface area contributed by atoms with E-state index in [1.165, 1.54) is 10.6 Å². The summed E-state index contributed by atoms with van der Waals surface area (Å²) in [5.41, 5.74) is 0.513. The summed E-state index contributed by atoms with van der Waals surface area (Å²) < 4.78 is 1.33. The van der Waals surface area contributed by atoms with Crippen LogP contribution in [0.15, 0.2) is 46.0 Å². The molecule has 0 aliphatic heterocycles. The molecule has 0 radical (unpaired) electrons. The van der Waals surface area contributed by atoms with E-state index in [2.05, 4.69) is 10.3 Å². The lowest BCUT2D eigenvalue weighted by Gasteiger charge is -2.17. The van der Waals surface area contributed by atoms with E-state index in [1.807, 2.05) is 44.2 Å². The van der Waals surface area contributed by atoms with E-state index >= 15 is 0 Å². The standard InChI is InChI=1S/C17H21N3O2/c1-11(13-6-4-3-5-7-13)18-15-10-16(21)20(17(22)19-15)12(2)14-8-9-14/h3-7,10-12,14,18H,8-9H2,1-2H3,(H,19,22). The number of anilines is 1. The number of aromatic nitrogens is 2. The second-order valence-electron chi connectivity index (χ2n) is 6.05. The van der Waals surface area contributed by atoms with E-state index in [0.717, 1.165) is 18.4 Å². The molecule has 1 heterocycles. The largest absolute Gasteiger partial charge is 0.365 e. The number of benzene rings is 1. The molecule has 1 aromatic carbocycles. The molecule has 0 amide bonds. The topological polar surface area (TPSA) is 66.9 Å². The molecule has 1 saturated carbocycles. The van der Waals surface area contributed by atoms with E-state index in [1.54, 1.807) is 0 Å². The first-order valence-corrected chi connectivity index (χ1v) is 7.73. The van der Waals surface area contributed by atoms with Gasteiger partial charge in [0, 0.05) is 18.2 Å². The van der Waals surface area contributed by atoms with Crippen LogP contribution in [-0.2, 0) is 0 Å². The second kappa shape index (κ2) is 5.83. The Morgan fingerprint density at radius 2 is 1.86 bits per heavy atom. The van der Waals surface area contributed by atoms with Gasteiger partial charge < -0.3 is 5.32 Å². The van der Waals surface area contributed by atoms with E-state index < -0.39 is 0 Å². The molecule has 0 saturated heterocycles. The van der Waals surface area contributed by atoms with Crippen LogP contribution in [0.4, 0.5) is 5.82 Å². The van der Waals surface area contributed by atoms with Crippen molar-refractivity contribution in [1.82, 2.24) is 9.55 Å². The first-order valence-electron chi connectivity index (χ1n) is 7.73. The van der Waals surface area contributed by atoms with Crippen molar-refractivity contribution < 1.29 is 0 Å². The minimum absolute atomic E-state index is 0.00737. The Labute approximate surface area is 129 Å². The van der Waals surface area contributed by atoms with Crippen LogP contribution in [-0.4, -0.2) is 9.55 Å². The predicted molar refractivity (Wildman–Crippen MR) is 87.2 cm³/mol. The molecule has 5 nitrogen and oxygen atoms in total. The Hall–Kier alpha value is -2.30. The summed E-state index contributed by atoms with van der Waals surface area (Å²) in [6.45, 7) is 3.93. The van der Waals surface area contributed by atoms with Gasteiger partial charge in [0.15, 0.2) is 0 Å². The summed E-state index contributed by atoms with van der Waals surface area (Å²) >= 11 is 0. The number of nitrogens with zero attached hydrogens (tertiary/aromatic N) is 1. The molecular weight excluding hydrogens is 278 g/mol. The zero-order valence-electron chi connectivity index (χ0n) is 12.9. The first-order chi connectivity index (χ1) is 10.6. The number of H-pyrrole nitrogens is 1. The lowest BCUT2D eigenvalue weighted by atomic mass is 10.1. The minimum Gasteiger partial charge on any atom is -0.365 e. The number of rotatable bonds is 5. The lowest BCUT2D eigenvalue weighted by molar-refractivity contribution is 0.451. The Kier molecular flexibility index (Phi) is 3.88. The van der Waals surface area contributed by atoms with Crippen molar-refractivity contribution in [3.63, 3.8) is 0 Å². The summed E-state index contributed by atoms with van der Waals surface area (Å²) in [7, 11) is 0. The number of hydrogen-bond acceptors (Lipinski definition) is 3. The van der Waals surface area contributed by atoms with Crippen LogP contribution >= 0.6 is 0 Å². The summed E-state index contributed by atoms with van der Waals surface area (Å²) in [5.74, 6) is 0.923. The van der Waals surface area contributed by atoms with Crippen LogP contribution in [0.25, 0.3) is 0 Å². The summed E-state index contributed by atoms with van der Waals surface area (Å²) in [6, 6.07) is 11.3. The normalized spacial score (nSPS) is 17.0. The molecule has 0 spiro atoms. The fourth-order valence-corrected chi connectivity index (χ4v) is 2.82. The third-order valence-corrected chi connectivity index (χ3v) is 4.35. The van der Waals surface area contributed by atoms with Gasteiger partial charge in [0.25, 0.3) is 5.56 Å². The zero-order valence-corrected chi connectivity index (χ0v) is 12.9. The SMILES string of the molecule is CC(Nc1cc(=O)n(C(C)C2CC2)c(=O)[nH]1)c1ccccc1. The smallest absolute Gasteiger partial charge is 0.330 e. The first kappa shape index (κ1) is 14.6. The highest BCUT2D eigenvalue weighted by Gasteiger charge is 2.30. The van der Waals surface area contributed by atoms with E-state index in [4.69, 9.17) is 0 Å². The highest BCUT2D eigenvalue weighted by molar-refractivity contribution is 5.36. The molecule has 1 aliphatic carbocycles. The van der Waals surface area contributed by atoms with E-state index in [9.17, 15) is 9.59 Å². The Balaban J connectivity index is 1.84. The number of hydrogen-bond donors (Lipinski definition) is 2. The third-order valence-electron chi connectivity index (χ3n) is 4.35. The molecule has 2 N–H and O–H groups in total.